The van der Waals surface area contributed by atoms with Gasteiger partial charge >= 0.3 is 11.9 Å². The molecule has 6 nitrogen and oxygen atoms in total. The number of aliphatic carboxylic acids is 1. The summed E-state index contributed by atoms with van der Waals surface area (Å²) >= 11 is 0. The summed E-state index contributed by atoms with van der Waals surface area (Å²) in [5, 5.41) is 9.22. The van der Waals surface area contributed by atoms with Crippen molar-refractivity contribution in [2.45, 2.75) is 25.8 Å². The third-order valence-corrected chi connectivity index (χ3v) is 3.01. The Morgan fingerprint density at radius 1 is 1.62 bits per heavy atom. The van der Waals surface area contributed by atoms with Gasteiger partial charge in [0.1, 0.15) is 0 Å². The number of hydrogen-bond donors (Lipinski definition) is 1. The molecule has 1 saturated heterocycles. The number of nitrogens with zero attached hydrogens (tertiary/aromatic N) is 1. The second-order valence-corrected chi connectivity index (χ2v) is 3.85. The molecule has 0 bridgehead atoms. The maximum absolute atomic E-state index is 11.8. The van der Waals surface area contributed by atoms with E-state index in [2.05, 4.69) is 0 Å². The quantitative estimate of drug-likeness (QED) is 0.538. The Balaban J connectivity index is 3.20. The molecule has 1 aliphatic heterocycles. The number of rotatable bonds is 3. The average molecular weight is 229 g/mol. The molecule has 1 rings (SSSR count). The first kappa shape index (κ1) is 12.5. The average Bonchev–Trinajstić information content (AvgIpc) is 2.39. The highest BCUT2D eigenvalue weighted by Crippen LogP contribution is 2.36. The number of likely N-dealkylation sites (N-methyl/N-ethyl adjacent to an activating group) is 1. The van der Waals surface area contributed by atoms with Crippen LogP contribution < -0.4 is 0 Å². The summed E-state index contributed by atoms with van der Waals surface area (Å²) in [5.41, 5.74) is -1.87. The van der Waals surface area contributed by atoms with Crippen molar-refractivity contribution in [3.05, 3.63) is 0 Å². The van der Waals surface area contributed by atoms with Crippen LogP contribution in [0.3, 0.4) is 0 Å². The molecular weight excluding hydrogens is 214 g/mol. The van der Waals surface area contributed by atoms with Gasteiger partial charge in [0.05, 0.1) is 6.61 Å². The largest absolute Gasteiger partial charge is 0.479 e. The van der Waals surface area contributed by atoms with E-state index in [4.69, 9.17) is 4.74 Å². The van der Waals surface area contributed by atoms with Gasteiger partial charge in [0.15, 0.2) is 0 Å². The maximum Gasteiger partial charge on any atom is 0.344 e. The third kappa shape index (κ3) is 1.45. The molecule has 0 spiro atoms. The predicted octanol–water partition coefficient (Wildman–Crippen LogP) is -0.129. The molecule has 16 heavy (non-hydrogen) atoms. The van der Waals surface area contributed by atoms with Crippen LogP contribution in [0.25, 0.3) is 0 Å². The molecule has 0 aromatic rings. The number of hydrogen-bond acceptors (Lipinski definition) is 4. The van der Waals surface area contributed by atoms with Crippen LogP contribution in [0.4, 0.5) is 0 Å². The fraction of sp³-hybridized carbons (Fsp3) is 0.700. The molecule has 1 N–H and O–H groups in total. The number of esters is 1. The molecule has 90 valence electrons. The fourth-order valence-corrected chi connectivity index (χ4v) is 2.09. The minimum atomic E-state index is -1.87. The molecule has 1 heterocycles. The molecule has 2 atom stereocenters. The van der Waals surface area contributed by atoms with E-state index < -0.39 is 23.4 Å². The molecule has 0 aromatic carbocycles. The molecule has 1 aliphatic rings. The number of carbonyl (C=O) groups is 3. The number of carboxylic acid groups (broad SMARTS) is 1. The summed E-state index contributed by atoms with van der Waals surface area (Å²) in [6.07, 6.45) is 0.0433. The predicted molar refractivity (Wildman–Crippen MR) is 53.6 cm³/mol. The summed E-state index contributed by atoms with van der Waals surface area (Å²) in [6.45, 7) is 3.24. The first-order chi connectivity index (χ1) is 7.38. The summed E-state index contributed by atoms with van der Waals surface area (Å²) in [4.78, 5) is 35.5. The Bertz CT molecular complexity index is 340. The molecule has 2 unspecified atom stereocenters. The van der Waals surface area contributed by atoms with Crippen LogP contribution in [0, 0.1) is 5.92 Å². The van der Waals surface area contributed by atoms with Crippen molar-refractivity contribution in [2.75, 3.05) is 13.7 Å². The van der Waals surface area contributed by atoms with Crippen molar-refractivity contribution >= 4 is 17.8 Å². The minimum Gasteiger partial charge on any atom is -0.479 e. The SMILES string of the molecule is CCOC(=O)C1(C(=O)O)C(C)CC(=O)N1C. The van der Waals surface area contributed by atoms with E-state index in [0.717, 1.165) is 4.90 Å². The first-order valence-corrected chi connectivity index (χ1v) is 5.06. The Morgan fingerprint density at radius 3 is 2.50 bits per heavy atom. The van der Waals surface area contributed by atoms with Gasteiger partial charge in [-0.25, -0.2) is 9.59 Å². The standard InChI is InChI=1S/C10H15NO5/c1-4-16-9(15)10(8(13)14)6(2)5-7(12)11(10)3/h6H,4-5H2,1-3H3,(H,13,14). The van der Waals surface area contributed by atoms with Crippen LogP contribution in [0.1, 0.15) is 20.3 Å². The lowest BCUT2D eigenvalue weighted by Crippen LogP contribution is -2.59. The van der Waals surface area contributed by atoms with Crippen LogP contribution >= 0.6 is 0 Å². The highest BCUT2D eigenvalue weighted by atomic mass is 16.5. The van der Waals surface area contributed by atoms with Gasteiger partial charge in [0, 0.05) is 19.4 Å². The summed E-state index contributed by atoms with van der Waals surface area (Å²) < 4.78 is 4.77. The molecule has 0 radical (unpaired) electrons. The highest BCUT2D eigenvalue weighted by Gasteiger charge is 2.61. The summed E-state index contributed by atoms with van der Waals surface area (Å²) in [7, 11) is 1.32. The van der Waals surface area contributed by atoms with Gasteiger partial charge in [-0.05, 0) is 6.92 Å². The van der Waals surface area contributed by atoms with Crippen LogP contribution in [-0.4, -0.2) is 47.0 Å². The van der Waals surface area contributed by atoms with E-state index in [1.165, 1.54) is 7.05 Å². The topological polar surface area (TPSA) is 83.9 Å². The number of carbonyl (C=O) groups excluding carboxylic acids is 2. The van der Waals surface area contributed by atoms with Crippen molar-refractivity contribution in [1.82, 2.24) is 4.90 Å². The number of amides is 1. The number of ether oxygens (including phenoxy) is 1. The van der Waals surface area contributed by atoms with E-state index in [-0.39, 0.29) is 18.9 Å². The number of carboxylic acids is 1. The van der Waals surface area contributed by atoms with Gasteiger partial charge in [-0.2, -0.15) is 0 Å². The molecule has 6 heteroatoms. The lowest BCUT2D eigenvalue weighted by molar-refractivity contribution is -0.173. The van der Waals surface area contributed by atoms with E-state index in [1.54, 1.807) is 13.8 Å². The van der Waals surface area contributed by atoms with Crippen molar-refractivity contribution in [3.8, 4) is 0 Å². The van der Waals surface area contributed by atoms with E-state index in [9.17, 15) is 19.5 Å². The number of likely N-dealkylation sites (tertiary alicyclic amines) is 1. The lowest BCUT2D eigenvalue weighted by atomic mass is 9.86. The lowest BCUT2D eigenvalue weighted by Gasteiger charge is -2.32. The Labute approximate surface area is 93.2 Å². The molecule has 0 aromatic heterocycles. The Morgan fingerprint density at radius 2 is 2.19 bits per heavy atom. The van der Waals surface area contributed by atoms with Crippen LogP contribution in [0.2, 0.25) is 0 Å². The smallest absolute Gasteiger partial charge is 0.344 e. The van der Waals surface area contributed by atoms with Gasteiger partial charge in [0.2, 0.25) is 11.4 Å². The normalized spacial score (nSPS) is 29.3. The third-order valence-electron chi connectivity index (χ3n) is 3.01. The Hall–Kier alpha value is -1.59. The van der Waals surface area contributed by atoms with Crippen molar-refractivity contribution in [2.24, 2.45) is 5.92 Å². The summed E-state index contributed by atoms with van der Waals surface area (Å²) in [5.74, 6) is -3.17. The van der Waals surface area contributed by atoms with Crippen LogP contribution in [-0.2, 0) is 19.1 Å². The molecular formula is C10H15NO5. The zero-order valence-electron chi connectivity index (χ0n) is 9.52. The summed E-state index contributed by atoms with van der Waals surface area (Å²) in [6, 6.07) is 0. The Kier molecular flexibility index (Phi) is 3.21. The highest BCUT2D eigenvalue weighted by molar-refractivity contribution is 6.09. The molecule has 1 fully saturated rings. The van der Waals surface area contributed by atoms with Gasteiger partial charge < -0.3 is 14.7 Å². The molecule has 0 saturated carbocycles. The van der Waals surface area contributed by atoms with E-state index in [0.29, 0.717) is 0 Å². The van der Waals surface area contributed by atoms with Gasteiger partial charge in [0.25, 0.3) is 0 Å². The maximum atomic E-state index is 11.8. The second-order valence-electron chi connectivity index (χ2n) is 3.85. The molecule has 1 amide bonds. The van der Waals surface area contributed by atoms with Gasteiger partial charge in [-0.3, -0.25) is 4.79 Å². The van der Waals surface area contributed by atoms with E-state index >= 15 is 0 Å². The van der Waals surface area contributed by atoms with Crippen LogP contribution in [0.15, 0.2) is 0 Å². The van der Waals surface area contributed by atoms with Crippen molar-refractivity contribution in [1.29, 1.82) is 0 Å². The molecule has 0 aliphatic carbocycles. The fourth-order valence-electron chi connectivity index (χ4n) is 2.09. The van der Waals surface area contributed by atoms with Gasteiger partial charge in [-0.15, -0.1) is 0 Å². The van der Waals surface area contributed by atoms with E-state index in [1.807, 2.05) is 0 Å². The second kappa shape index (κ2) is 4.11. The zero-order chi connectivity index (χ0) is 12.5. The van der Waals surface area contributed by atoms with Crippen molar-refractivity contribution < 1.29 is 24.2 Å². The first-order valence-electron chi connectivity index (χ1n) is 5.06. The monoisotopic (exact) mass is 229 g/mol. The zero-order valence-corrected chi connectivity index (χ0v) is 9.52. The van der Waals surface area contributed by atoms with Crippen molar-refractivity contribution in [3.63, 3.8) is 0 Å². The minimum absolute atomic E-state index is 0.0433. The van der Waals surface area contributed by atoms with Crippen LogP contribution in [0.5, 0.6) is 0 Å². The van der Waals surface area contributed by atoms with Gasteiger partial charge in [-0.1, -0.05) is 6.92 Å².